The summed E-state index contributed by atoms with van der Waals surface area (Å²) in [5, 5.41) is 1.29. The van der Waals surface area contributed by atoms with Gasteiger partial charge in [-0.1, -0.05) is 23.7 Å². The lowest BCUT2D eigenvalue weighted by Crippen LogP contribution is -2.17. The first-order valence-electron chi connectivity index (χ1n) is 10.1. The number of ketones is 1. The van der Waals surface area contributed by atoms with Crippen LogP contribution in [-0.2, 0) is 0 Å². The number of hydrogen-bond donors (Lipinski definition) is 0. The Morgan fingerprint density at radius 1 is 1.09 bits per heavy atom. The highest BCUT2D eigenvalue weighted by molar-refractivity contribution is 7.25. The van der Waals surface area contributed by atoms with Crippen molar-refractivity contribution in [3.8, 4) is 22.6 Å². The molecule has 0 unspecified atom stereocenters. The van der Waals surface area contributed by atoms with Crippen molar-refractivity contribution in [2.24, 2.45) is 0 Å². The molecular formula is C25H18ClN3O3S. The standard InChI is InChI=1S/C25H18ClN3O3S/c1-13-19(14(2)30)20(15-4-10-18(32-3)11-5-15)21-22-23(33-24(21)28-13)25(31)29(12-27-22)17-8-6-16(26)7-9-17/h4-12H,1-3H3. The third kappa shape index (κ3) is 3.50. The first-order chi connectivity index (χ1) is 15.9. The summed E-state index contributed by atoms with van der Waals surface area (Å²) >= 11 is 7.27. The van der Waals surface area contributed by atoms with E-state index in [1.807, 2.05) is 31.2 Å². The fraction of sp³-hybridized carbons (Fsp3) is 0.120. The molecule has 164 valence electrons. The number of thiophene rings is 1. The summed E-state index contributed by atoms with van der Waals surface area (Å²) in [5.74, 6) is 0.617. The number of benzene rings is 2. The topological polar surface area (TPSA) is 74.1 Å². The van der Waals surface area contributed by atoms with Gasteiger partial charge in [0, 0.05) is 21.5 Å². The van der Waals surface area contributed by atoms with Crippen LogP contribution in [-0.4, -0.2) is 27.4 Å². The molecule has 8 heteroatoms. The van der Waals surface area contributed by atoms with Gasteiger partial charge < -0.3 is 4.74 Å². The number of carbonyl (C=O) groups is 1. The molecular weight excluding hydrogens is 458 g/mol. The second-order valence-corrected chi connectivity index (χ2v) is 9.02. The van der Waals surface area contributed by atoms with Crippen molar-refractivity contribution in [2.75, 3.05) is 7.11 Å². The smallest absolute Gasteiger partial charge is 0.275 e. The number of pyridine rings is 1. The van der Waals surface area contributed by atoms with Gasteiger partial charge in [-0.15, -0.1) is 11.3 Å². The molecule has 3 aromatic heterocycles. The average Bonchev–Trinajstić information content (AvgIpc) is 3.18. The lowest BCUT2D eigenvalue weighted by atomic mass is 9.93. The van der Waals surface area contributed by atoms with Gasteiger partial charge in [0.15, 0.2) is 5.78 Å². The number of carbonyl (C=O) groups excluding carboxylic acids is 1. The lowest BCUT2D eigenvalue weighted by Gasteiger charge is -2.13. The summed E-state index contributed by atoms with van der Waals surface area (Å²) in [6, 6.07) is 14.5. The number of nitrogens with zero attached hydrogens (tertiary/aromatic N) is 3. The molecule has 0 aliphatic rings. The number of Topliss-reactive ketones (excluding diaryl/α,β-unsaturated/α-hetero) is 1. The van der Waals surface area contributed by atoms with E-state index in [-0.39, 0.29) is 11.3 Å². The summed E-state index contributed by atoms with van der Waals surface area (Å²) in [4.78, 5) is 36.1. The monoisotopic (exact) mass is 475 g/mol. The highest BCUT2D eigenvalue weighted by Crippen LogP contribution is 2.40. The molecule has 33 heavy (non-hydrogen) atoms. The van der Waals surface area contributed by atoms with E-state index >= 15 is 0 Å². The Hall–Kier alpha value is -3.55. The van der Waals surface area contributed by atoms with Crippen LogP contribution < -0.4 is 10.3 Å². The number of fused-ring (bicyclic) bond motifs is 3. The predicted molar refractivity (Wildman–Crippen MR) is 132 cm³/mol. The molecule has 0 saturated carbocycles. The predicted octanol–water partition coefficient (Wildman–Crippen LogP) is 5.84. The van der Waals surface area contributed by atoms with Crippen molar-refractivity contribution in [1.29, 1.82) is 0 Å². The minimum absolute atomic E-state index is 0.0958. The van der Waals surface area contributed by atoms with Crippen LogP contribution in [0.1, 0.15) is 23.0 Å². The Morgan fingerprint density at radius 2 is 1.79 bits per heavy atom. The Balaban J connectivity index is 1.86. The Morgan fingerprint density at radius 3 is 2.42 bits per heavy atom. The van der Waals surface area contributed by atoms with Crippen LogP contribution >= 0.6 is 22.9 Å². The van der Waals surface area contributed by atoms with E-state index in [0.29, 0.717) is 48.2 Å². The molecule has 0 saturated heterocycles. The van der Waals surface area contributed by atoms with Gasteiger partial charge in [-0.3, -0.25) is 14.2 Å². The lowest BCUT2D eigenvalue weighted by molar-refractivity contribution is 0.101. The largest absolute Gasteiger partial charge is 0.497 e. The Kier molecular flexibility index (Phi) is 5.23. The number of aryl methyl sites for hydroxylation is 1. The number of hydrogen-bond acceptors (Lipinski definition) is 6. The maximum atomic E-state index is 13.4. The van der Waals surface area contributed by atoms with Gasteiger partial charge >= 0.3 is 0 Å². The zero-order valence-electron chi connectivity index (χ0n) is 18.0. The zero-order chi connectivity index (χ0) is 23.3. The molecule has 0 atom stereocenters. The number of rotatable bonds is 4. The molecule has 0 N–H and O–H groups in total. The van der Waals surface area contributed by atoms with Crippen molar-refractivity contribution >= 4 is 49.2 Å². The number of halogens is 1. The van der Waals surface area contributed by atoms with Crippen LogP contribution in [0.3, 0.4) is 0 Å². The van der Waals surface area contributed by atoms with Gasteiger partial charge in [0.2, 0.25) is 0 Å². The van der Waals surface area contributed by atoms with Gasteiger partial charge in [-0.25, -0.2) is 9.97 Å². The van der Waals surface area contributed by atoms with Crippen LogP contribution in [0.4, 0.5) is 0 Å². The van der Waals surface area contributed by atoms with Gasteiger partial charge in [-0.2, -0.15) is 0 Å². The third-order valence-corrected chi connectivity index (χ3v) is 6.86. The highest BCUT2D eigenvalue weighted by Gasteiger charge is 2.23. The first kappa shape index (κ1) is 21.3. The molecule has 2 aromatic carbocycles. The SMILES string of the molecule is COc1ccc(-c2c(C(C)=O)c(C)nc3sc4c(=O)n(-c5ccc(Cl)cc5)cnc4c23)cc1. The van der Waals surface area contributed by atoms with Crippen molar-refractivity contribution < 1.29 is 9.53 Å². The quantitative estimate of drug-likeness (QED) is 0.305. The molecule has 0 fully saturated rings. The van der Waals surface area contributed by atoms with Gasteiger partial charge in [0.1, 0.15) is 21.6 Å². The average molecular weight is 476 g/mol. The second kappa shape index (κ2) is 8.10. The molecule has 0 aliphatic carbocycles. The van der Waals surface area contributed by atoms with E-state index in [9.17, 15) is 9.59 Å². The summed E-state index contributed by atoms with van der Waals surface area (Å²) in [6.45, 7) is 3.34. The molecule has 0 amide bonds. The zero-order valence-corrected chi connectivity index (χ0v) is 19.6. The van der Waals surface area contributed by atoms with Gasteiger partial charge in [0.25, 0.3) is 5.56 Å². The van der Waals surface area contributed by atoms with E-state index in [1.165, 1.54) is 29.2 Å². The Bertz CT molecular complexity index is 1600. The second-order valence-electron chi connectivity index (χ2n) is 7.59. The molecule has 0 bridgehead atoms. The summed E-state index contributed by atoms with van der Waals surface area (Å²) in [7, 11) is 1.60. The van der Waals surface area contributed by atoms with Crippen LogP contribution in [0.5, 0.6) is 5.75 Å². The summed E-state index contributed by atoms with van der Waals surface area (Å²) in [5.41, 5.74) is 3.70. The minimum atomic E-state index is -0.201. The highest BCUT2D eigenvalue weighted by atomic mass is 35.5. The number of aromatic nitrogens is 3. The maximum Gasteiger partial charge on any atom is 0.275 e. The van der Waals surface area contributed by atoms with Crippen molar-refractivity contribution in [1.82, 2.24) is 14.5 Å². The molecule has 0 radical (unpaired) electrons. The normalized spacial score (nSPS) is 11.3. The first-order valence-corrected chi connectivity index (χ1v) is 11.3. The number of ether oxygens (including phenoxy) is 1. The summed E-state index contributed by atoms with van der Waals surface area (Å²) in [6.07, 6.45) is 1.51. The van der Waals surface area contributed by atoms with E-state index < -0.39 is 0 Å². The van der Waals surface area contributed by atoms with Crippen molar-refractivity contribution in [2.45, 2.75) is 13.8 Å². The molecule has 0 aliphatic heterocycles. The molecule has 5 rings (SSSR count). The van der Waals surface area contributed by atoms with E-state index in [0.717, 1.165) is 11.1 Å². The van der Waals surface area contributed by atoms with Gasteiger partial charge in [0.05, 0.1) is 24.0 Å². The van der Waals surface area contributed by atoms with Gasteiger partial charge in [-0.05, 0) is 55.8 Å². The van der Waals surface area contributed by atoms with E-state index in [1.54, 1.807) is 31.4 Å². The van der Waals surface area contributed by atoms with E-state index in [4.69, 9.17) is 16.3 Å². The van der Waals surface area contributed by atoms with E-state index in [2.05, 4.69) is 9.97 Å². The van der Waals surface area contributed by atoms with Crippen LogP contribution in [0.25, 0.3) is 37.2 Å². The van der Waals surface area contributed by atoms with Crippen molar-refractivity contribution in [3.05, 3.63) is 81.5 Å². The number of methoxy groups -OCH3 is 1. The van der Waals surface area contributed by atoms with Crippen LogP contribution in [0.15, 0.2) is 59.7 Å². The Labute approximate surface area is 198 Å². The third-order valence-electron chi connectivity index (χ3n) is 5.55. The minimum Gasteiger partial charge on any atom is -0.497 e. The maximum absolute atomic E-state index is 13.4. The summed E-state index contributed by atoms with van der Waals surface area (Å²) < 4.78 is 7.25. The van der Waals surface area contributed by atoms with Crippen LogP contribution in [0.2, 0.25) is 5.02 Å². The van der Waals surface area contributed by atoms with Crippen LogP contribution in [0, 0.1) is 6.92 Å². The molecule has 3 heterocycles. The fourth-order valence-electron chi connectivity index (χ4n) is 4.04. The van der Waals surface area contributed by atoms with Crippen molar-refractivity contribution in [3.63, 3.8) is 0 Å². The molecule has 0 spiro atoms. The molecule has 6 nitrogen and oxygen atoms in total. The molecule has 5 aromatic rings. The fourth-order valence-corrected chi connectivity index (χ4v) is 5.28.